The molecule has 0 saturated heterocycles. The van der Waals surface area contributed by atoms with E-state index >= 15 is 0 Å². The summed E-state index contributed by atoms with van der Waals surface area (Å²) in [5, 5.41) is 2.01. The first-order chi connectivity index (χ1) is 11.3. The number of anilines is 1. The van der Waals surface area contributed by atoms with Crippen LogP contribution in [0.3, 0.4) is 0 Å². The number of para-hydroxylation sites is 1. The van der Waals surface area contributed by atoms with Gasteiger partial charge in [-0.2, -0.15) is 0 Å². The second-order valence-electron chi connectivity index (χ2n) is 5.97. The zero-order valence-corrected chi connectivity index (χ0v) is 13.5. The Kier molecular flexibility index (Phi) is 3.62. The van der Waals surface area contributed by atoms with Crippen LogP contribution >= 0.6 is 11.3 Å². The first-order valence-corrected chi connectivity index (χ1v) is 8.81. The largest absolute Gasteiger partial charge is 0.294 e. The molecule has 4 heteroatoms. The number of allylic oxidation sites excluding steroid dienone is 2. The van der Waals surface area contributed by atoms with Crippen molar-refractivity contribution >= 4 is 28.7 Å². The smallest absolute Gasteiger partial charge is 0.232 e. The molecule has 23 heavy (non-hydrogen) atoms. The number of ketones is 1. The van der Waals surface area contributed by atoms with Crippen LogP contribution in [0.2, 0.25) is 0 Å². The molecule has 1 amide bonds. The molecular weight excluding hydrogens is 306 g/mol. The molecule has 1 aromatic carbocycles. The molecule has 1 atom stereocenters. The highest BCUT2D eigenvalue weighted by Gasteiger charge is 2.39. The Balaban J connectivity index is 1.87. The van der Waals surface area contributed by atoms with Gasteiger partial charge in [0, 0.05) is 40.6 Å². The van der Waals surface area contributed by atoms with Crippen LogP contribution in [0.15, 0.2) is 59.1 Å². The van der Waals surface area contributed by atoms with E-state index in [0.29, 0.717) is 12.8 Å². The molecule has 116 valence electrons. The van der Waals surface area contributed by atoms with Gasteiger partial charge in [0.05, 0.1) is 0 Å². The van der Waals surface area contributed by atoms with Gasteiger partial charge in [-0.3, -0.25) is 14.5 Å². The van der Waals surface area contributed by atoms with Gasteiger partial charge in [-0.15, -0.1) is 11.3 Å². The maximum absolute atomic E-state index is 12.8. The summed E-state index contributed by atoms with van der Waals surface area (Å²) >= 11 is 1.63. The Morgan fingerprint density at radius 1 is 1.00 bits per heavy atom. The average Bonchev–Trinajstić information content (AvgIpc) is 3.09. The number of hydrogen-bond acceptors (Lipinski definition) is 3. The maximum atomic E-state index is 12.8. The number of Topliss-reactive ketones (excluding diaryl/α,β-unsaturated/α-hetero) is 1. The summed E-state index contributed by atoms with van der Waals surface area (Å²) < 4.78 is 0. The van der Waals surface area contributed by atoms with Gasteiger partial charge in [-0.25, -0.2) is 0 Å². The van der Waals surface area contributed by atoms with Gasteiger partial charge >= 0.3 is 0 Å². The highest BCUT2D eigenvalue weighted by Crippen LogP contribution is 2.44. The van der Waals surface area contributed by atoms with E-state index in [-0.39, 0.29) is 17.6 Å². The number of hydrogen-bond donors (Lipinski definition) is 0. The molecule has 2 aromatic rings. The van der Waals surface area contributed by atoms with E-state index in [1.807, 2.05) is 47.8 Å². The normalized spacial score (nSPS) is 21.6. The highest BCUT2D eigenvalue weighted by atomic mass is 32.1. The summed E-state index contributed by atoms with van der Waals surface area (Å²) in [6.45, 7) is 0. The second-order valence-corrected chi connectivity index (χ2v) is 6.95. The van der Waals surface area contributed by atoms with Gasteiger partial charge in [0.15, 0.2) is 5.78 Å². The minimum atomic E-state index is -0.0646. The summed E-state index contributed by atoms with van der Waals surface area (Å²) in [5.74, 6) is 0.228. The van der Waals surface area contributed by atoms with Gasteiger partial charge in [0.25, 0.3) is 0 Å². The highest BCUT2D eigenvalue weighted by molar-refractivity contribution is 7.10. The molecule has 3 nitrogen and oxygen atoms in total. The summed E-state index contributed by atoms with van der Waals surface area (Å²) in [4.78, 5) is 28.4. The number of benzene rings is 1. The van der Waals surface area contributed by atoms with Crippen molar-refractivity contribution in [3.63, 3.8) is 0 Å². The molecular formula is C19H17NO2S. The fourth-order valence-corrected chi connectivity index (χ4v) is 4.44. The van der Waals surface area contributed by atoms with Crippen LogP contribution in [0, 0.1) is 0 Å². The molecule has 1 aliphatic carbocycles. The summed E-state index contributed by atoms with van der Waals surface area (Å²) in [6.07, 6.45) is 2.59. The number of carbonyl (C=O) groups excluding carboxylic acids is 2. The van der Waals surface area contributed by atoms with E-state index in [2.05, 4.69) is 0 Å². The first-order valence-electron chi connectivity index (χ1n) is 7.93. The van der Waals surface area contributed by atoms with Crippen LogP contribution in [-0.2, 0) is 9.59 Å². The maximum Gasteiger partial charge on any atom is 0.232 e. The van der Waals surface area contributed by atoms with Crippen LogP contribution in [-0.4, -0.2) is 11.7 Å². The van der Waals surface area contributed by atoms with Crippen molar-refractivity contribution in [3.05, 3.63) is 64.0 Å². The third-order valence-electron chi connectivity index (χ3n) is 4.58. The Labute approximate surface area is 139 Å². The fourth-order valence-electron chi connectivity index (χ4n) is 3.60. The lowest BCUT2D eigenvalue weighted by molar-refractivity contribution is -0.119. The first kappa shape index (κ1) is 14.4. The van der Waals surface area contributed by atoms with Crippen molar-refractivity contribution < 1.29 is 9.59 Å². The number of nitrogens with zero attached hydrogens (tertiary/aromatic N) is 1. The molecule has 0 unspecified atom stereocenters. The number of thiophene rings is 1. The molecule has 1 aliphatic heterocycles. The molecule has 0 fully saturated rings. The monoisotopic (exact) mass is 323 g/mol. The van der Waals surface area contributed by atoms with Gasteiger partial charge in [0.2, 0.25) is 5.91 Å². The van der Waals surface area contributed by atoms with Gasteiger partial charge < -0.3 is 0 Å². The van der Waals surface area contributed by atoms with Crippen molar-refractivity contribution in [1.29, 1.82) is 0 Å². The third-order valence-corrected chi connectivity index (χ3v) is 5.56. The third kappa shape index (κ3) is 2.43. The van der Waals surface area contributed by atoms with Crippen molar-refractivity contribution in [2.24, 2.45) is 0 Å². The lowest BCUT2D eigenvalue weighted by atomic mass is 9.79. The molecule has 2 aliphatic rings. The fraction of sp³-hybridized carbons (Fsp3) is 0.263. The Hall–Kier alpha value is -2.20. The molecule has 0 saturated carbocycles. The van der Waals surface area contributed by atoms with Crippen molar-refractivity contribution in [2.45, 2.75) is 31.6 Å². The lowest BCUT2D eigenvalue weighted by Gasteiger charge is -2.37. The standard InChI is InChI=1S/C19H17NO2S/c21-16-9-4-8-15-19(16)14(17-10-5-11-23-17)12-18(22)20(15)13-6-2-1-3-7-13/h1-3,5-7,10-11,14H,4,8-9,12H2/t14-/m1/s1. The quantitative estimate of drug-likeness (QED) is 0.827. The van der Waals surface area contributed by atoms with E-state index in [1.165, 1.54) is 0 Å². The Bertz CT molecular complexity index is 777. The van der Waals surface area contributed by atoms with Crippen LogP contribution < -0.4 is 4.90 Å². The zero-order chi connectivity index (χ0) is 15.8. The number of amides is 1. The molecule has 2 heterocycles. The summed E-state index contributed by atoms with van der Waals surface area (Å²) in [5.41, 5.74) is 2.65. The van der Waals surface area contributed by atoms with Crippen LogP contribution in [0.4, 0.5) is 5.69 Å². The average molecular weight is 323 g/mol. The van der Waals surface area contributed by atoms with E-state index in [4.69, 9.17) is 0 Å². The van der Waals surface area contributed by atoms with Crippen LogP contribution in [0.1, 0.15) is 36.5 Å². The lowest BCUT2D eigenvalue weighted by Crippen LogP contribution is -2.40. The Morgan fingerprint density at radius 2 is 1.83 bits per heavy atom. The van der Waals surface area contributed by atoms with Crippen molar-refractivity contribution in [2.75, 3.05) is 4.90 Å². The van der Waals surface area contributed by atoms with Gasteiger partial charge in [0.1, 0.15) is 0 Å². The van der Waals surface area contributed by atoms with Crippen LogP contribution in [0.25, 0.3) is 0 Å². The predicted molar refractivity (Wildman–Crippen MR) is 91.5 cm³/mol. The molecule has 1 aromatic heterocycles. The minimum Gasteiger partial charge on any atom is -0.294 e. The Morgan fingerprint density at radius 3 is 2.57 bits per heavy atom. The summed E-state index contributed by atoms with van der Waals surface area (Å²) in [7, 11) is 0. The molecule has 0 spiro atoms. The number of rotatable bonds is 2. The summed E-state index contributed by atoms with van der Waals surface area (Å²) in [6, 6.07) is 13.7. The van der Waals surface area contributed by atoms with Gasteiger partial charge in [-0.1, -0.05) is 24.3 Å². The van der Waals surface area contributed by atoms with Crippen molar-refractivity contribution in [3.8, 4) is 0 Å². The SMILES string of the molecule is O=C1CCCC2=C1[C@@H](c1cccs1)CC(=O)N2c1ccccc1. The molecule has 0 N–H and O–H groups in total. The molecule has 4 rings (SSSR count). The zero-order valence-electron chi connectivity index (χ0n) is 12.7. The molecule has 0 bridgehead atoms. The van der Waals surface area contributed by atoms with E-state index < -0.39 is 0 Å². The van der Waals surface area contributed by atoms with E-state index in [0.717, 1.165) is 34.7 Å². The topological polar surface area (TPSA) is 37.4 Å². The van der Waals surface area contributed by atoms with E-state index in [9.17, 15) is 9.59 Å². The minimum absolute atomic E-state index is 0.0646. The second kappa shape index (κ2) is 5.78. The van der Waals surface area contributed by atoms with E-state index in [1.54, 1.807) is 16.2 Å². The predicted octanol–water partition coefficient (Wildman–Crippen LogP) is 4.28. The van der Waals surface area contributed by atoms with Crippen molar-refractivity contribution in [1.82, 2.24) is 0 Å². The van der Waals surface area contributed by atoms with Crippen LogP contribution in [0.5, 0.6) is 0 Å². The van der Waals surface area contributed by atoms with Gasteiger partial charge in [-0.05, 0) is 36.4 Å². The number of carbonyl (C=O) groups is 2. The molecule has 0 radical (unpaired) electrons.